The van der Waals surface area contributed by atoms with Crippen LogP contribution in [-0.4, -0.2) is 17.6 Å². The molecule has 0 saturated carbocycles. The summed E-state index contributed by atoms with van der Waals surface area (Å²) in [5, 5.41) is 12.5. The summed E-state index contributed by atoms with van der Waals surface area (Å²) in [5.74, 6) is -0.625. The fourth-order valence-electron chi connectivity index (χ4n) is 2.17. The second-order valence-electron chi connectivity index (χ2n) is 5.33. The molecule has 2 aromatic carbocycles. The van der Waals surface area contributed by atoms with E-state index in [0.29, 0.717) is 12.8 Å². The molecule has 0 radical (unpaired) electrons. The number of benzene rings is 2. The van der Waals surface area contributed by atoms with Gasteiger partial charge in [-0.25, -0.2) is 4.39 Å². The summed E-state index contributed by atoms with van der Waals surface area (Å²) in [4.78, 5) is 11.8. The van der Waals surface area contributed by atoms with Crippen molar-refractivity contribution in [2.24, 2.45) is 0 Å². The Morgan fingerprint density at radius 2 is 1.86 bits per heavy atom. The minimum absolute atomic E-state index is 0.00760. The number of hydrogen-bond donors (Lipinski definition) is 2. The van der Waals surface area contributed by atoms with Crippen molar-refractivity contribution >= 4 is 5.91 Å². The van der Waals surface area contributed by atoms with Gasteiger partial charge in [0.2, 0.25) is 5.91 Å². The second-order valence-corrected chi connectivity index (χ2v) is 5.33. The predicted molar refractivity (Wildman–Crippen MR) is 83.9 cm³/mol. The summed E-state index contributed by atoms with van der Waals surface area (Å²) < 4.78 is 13.5. The summed E-state index contributed by atoms with van der Waals surface area (Å²) in [6.07, 6.45) is -0.0564. The van der Waals surface area contributed by atoms with E-state index in [4.69, 9.17) is 0 Å². The fourth-order valence-corrected chi connectivity index (χ4v) is 2.17. The van der Waals surface area contributed by atoms with Crippen molar-refractivity contribution in [2.45, 2.75) is 25.9 Å². The maximum atomic E-state index is 13.5. The zero-order chi connectivity index (χ0) is 15.9. The largest absolute Gasteiger partial charge is 0.386 e. The van der Waals surface area contributed by atoms with Crippen molar-refractivity contribution in [3.05, 3.63) is 71.0 Å². The Morgan fingerprint density at radius 1 is 1.18 bits per heavy atom. The van der Waals surface area contributed by atoms with Crippen LogP contribution in [0.4, 0.5) is 4.39 Å². The van der Waals surface area contributed by atoms with Crippen LogP contribution in [0.1, 0.15) is 29.2 Å². The van der Waals surface area contributed by atoms with E-state index >= 15 is 0 Å². The van der Waals surface area contributed by atoms with Crippen molar-refractivity contribution in [1.29, 1.82) is 0 Å². The third-order valence-electron chi connectivity index (χ3n) is 3.52. The summed E-state index contributed by atoms with van der Waals surface area (Å²) in [6.45, 7) is 2.02. The molecule has 0 fully saturated rings. The van der Waals surface area contributed by atoms with Gasteiger partial charge in [0.15, 0.2) is 0 Å². The monoisotopic (exact) mass is 301 g/mol. The zero-order valence-corrected chi connectivity index (χ0v) is 12.6. The lowest BCUT2D eigenvalue weighted by molar-refractivity contribution is -0.121. The number of halogens is 1. The van der Waals surface area contributed by atoms with Crippen molar-refractivity contribution < 1.29 is 14.3 Å². The number of nitrogens with one attached hydrogen (secondary N) is 1. The lowest BCUT2D eigenvalue weighted by atomic mass is 10.1. The molecule has 116 valence electrons. The van der Waals surface area contributed by atoms with E-state index in [1.807, 2.05) is 31.2 Å². The topological polar surface area (TPSA) is 49.3 Å². The third kappa shape index (κ3) is 4.67. The Balaban J connectivity index is 1.78. The smallest absolute Gasteiger partial charge is 0.220 e. The van der Waals surface area contributed by atoms with Gasteiger partial charge in [-0.3, -0.25) is 4.79 Å². The molecule has 4 heteroatoms. The van der Waals surface area contributed by atoms with Gasteiger partial charge in [0.1, 0.15) is 5.82 Å². The molecule has 3 nitrogen and oxygen atoms in total. The first-order chi connectivity index (χ1) is 10.6. The standard InChI is InChI=1S/C18H20FNO2/c1-13-6-8-14(9-7-13)10-11-18(22)20-12-17(21)15-4-2-3-5-16(15)19/h2-9,17,21H,10-12H2,1H3,(H,20,22). The molecule has 0 aliphatic heterocycles. The molecule has 1 amide bonds. The van der Waals surface area contributed by atoms with Gasteiger partial charge in [-0.2, -0.15) is 0 Å². The van der Waals surface area contributed by atoms with E-state index in [0.717, 1.165) is 5.56 Å². The quantitative estimate of drug-likeness (QED) is 0.862. The first-order valence-electron chi connectivity index (χ1n) is 7.31. The number of hydrogen-bond acceptors (Lipinski definition) is 2. The molecule has 0 bridgehead atoms. The first-order valence-corrected chi connectivity index (χ1v) is 7.31. The van der Waals surface area contributed by atoms with Gasteiger partial charge < -0.3 is 10.4 Å². The highest BCUT2D eigenvalue weighted by Gasteiger charge is 2.13. The SMILES string of the molecule is Cc1ccc(CCC(=O)NCC(O)c2ccccc2F)cc1. The van der Waals surface area contributed by atoms with Crippen LogP contribution in [0.2, 0.25) is 0 Å². The van der Waals surface area contributed by atoms with E-state index in [2.05, 4.69) is 5.32 Å². The molecule has 0 spiro atoms. The molecular weight excluding hydrogens is 281 g/mol. The minimum atomic E-state index is -1.04. The first kappa shape index (κ1) is 16.2. The van der Waals surface area contributed by atoms with Gasteiger partial charge in [-0.15, -0.1) is 0 Å². The third-order valence-corrected chi connectivity index (χ3v) is 3.52. The van der Waals surface area contributed by atoms with Gasteiger partial charge in [-0.1, -0.05) is 48.0 Å². The molecule has 0 aromatic heterocycles. The molecule has 0 heterocycles. The Morgan fingerprint density at radius 3 is 2.55 bits per heavy atom. The molecule has 0 aliphatic carbocycles. The van der Waals surface area contributed by atoms with Crippen molar-refractivity contribution in [2.75, 3.05) is 6.54 Å². The van der Waals surface area contributed by atoms with Crippen LogP contribution in [0.25, 0.3) is 0 Å². The van der Waals surface area contributed by atoms with Crippen LogP contribution in [0.15, 0.2) is 48.5 Å². The van der Waals surface area contributed by atoms with Crippen LogP contribution in [0.3, 0.4) is 0 Å². The molecule has 2 rings (SSSR count). The molecule has 22 heavy (non-hydrogen) atoms. The average molecular weight is 301 g/mol. The zero-order valence-electron chi connectivity index (χ0n) is 12.6. The van der Waals surface area contributed by atoms with E-state index in [9.17, 15) is 14.3 Å². The van der Waals surface area contributed by atoms with E-state index < -0.39 is 11.9 Å². The molecule has 0 aliphatic rings. The highest BCUT2D eigenvalue weighted by Crippen LogP contribution is 2.15. The normalized spacial score (nSPS) is 12.0. The van der Waals surface area contributed by atoms with Crippen molar-refractivity contribution in [3.63, 3.8) is 0 Å². The predicted octanol–water partition coefficient (Wildman–Crippen LogP) is 2.92. The highest BCUT2D eigenvalue weighted by molar-refractivity contribution is 5.76. The molecule has 0 saturated heterocycles. The molecular formula is C18H20FNO2. The van der Waals surface area contributed by atoms with Crippen LogP contribution in [0.5, 0.6) is 0 Å². The summed E-state index contributed by atoms with van der Waals surface area (Å²) in [5.41, 5.74) is 2.47. The molecule has 1 unspecified atom stereocenters. The Hall–Kier alpha value is -2.20. The number of amides is 1. The van der Waals surface area contributed by atoms with Crippen LogP contribution in [0, 0.1) is 12.7 Å². The lowest BCUT2D eigenvalue weighted by Crippen LogP contribution is -2.28. The van der Waals surface area contributed by atoms with Gasteiger partial charge in [0.25, 0.3) is 0 Å². The molecule has 2 N–H and O–H groups in total. The second kappa shape index (κ2) is 7.71. The van der Waals surface area contributed by atoms with E-state index in [1.54, 1.807) is 12.1 Å². The molecule has 2 aromatic rings. The minimum Gasteiger partial charge on any atom is -0.386 e. The van der Waals surface area contributed by atoms with Gasteiger partial charge in [0, 0.05) is 18.5 Å². The van der Waals surface area contributed by atoms with Crippen LogP contribution >= 0.6 is 0 Å². The van der Waals surface area contributed by atoms with Gasteiger partial charge >= 0.3 is 0 Å². The van der Waals surface area contributed by atoms with Gasteiger partial charge in [-0.05, 0) is 25.0 Å². The Bertz CT molecular complexity index is 625. The van der Waals surface area contributed by atoms with Crippen LogP contribution in [-0.2, 0) is 11.2 Å². The average Bonchev–Trinajstić information content (AvgIpc) is 2.52. The summed E-state index contributed by atoms with van der Waals surface area (Å²) in [6, 6.07) is 14.0. The number of carbonyl (C=O) groups is 1. The Labute approximate surface area is 129 Å². The number of aliphatic hydroxyl groups excluding tert-OH is 1. The van der Waals surface area contributed by atoms with Gasteiger partial charge in [0.05, 0.1) is 6.10 Å². The summed E-state index contributed by atoms with van der Waals surface area (Å²) in [7, 11) is 0. The summed E-state index contributed by atoms with van der Waals surface area (Å²) >= 11 is 0. The molecule has 1 atom stereocenters. The number of aryl methyl sites for hydroxylation is 2. The van der Waals surface area contributed by atoms with Crippen LogP contribution < -0.4 is 5.32 Å². The lowest BCUT2D eigenvalue weighted by Gasteiger charge is -2.13. The number of aliphatic hydroxyl groups is 1. The number of rotatable bonds is 6. The van der Waals surface area contributed by atoms with E-state index in [-0.39, 0.29) is 18.0 Å². The van der Waals surface area contributed by atoms with E-state index in [1.165, 1.54) is 17.7 Å². The fraction of sp³-hybridized carbons (Fsp3) is 0.278. The Kier molecular flexibility index (Phi) is 5.67. The van der Waals surface area contributed by atoms with Crippen molar-refractivity contribution in [1.82, 2.24) is 5.32 Å². The highest BCUT2D eigenvalue weighted by atomic mass is 19.1. The maximum absolute atomic E-state index is 13.5. The maximum Gasteiger partial charge on any atom is 0.220 e. The van der Waals surface area contributed by atoms with Crippen molar-refractivity contribution in [3.8, 4) is 0 Å². The number of carbonyl (C=O) groups excluding carboxylic acids is 1.